The molecule has 0 saturated heterocycles. The third kappa shape index (κ3) is 7.02. The Morgan fingerprint density at radius 2 is 0.977 bits per heavy atom. The van der Waals surface area contributed by atoms with Crippen LogP contribution >= 0.6 is 0 Å². The highest BCUT2D eigenvalue weighted by atomic mass is 16.5. The van der Waals surface area contributed by atoms with E-state index >= 15 is 0 Å². The molecule has 0 saturated carbocycles. The molecule has 218 valence electrons. The minimum absolute atomic E-state index is 0.0281. The minimum Gasteiger partial charge on any atom is -0.507 e. The molecule has 6 rings (SSSR count). The zero-order chi connectivity index (χ0) is 30.1. The zero-order valence-electron chi connectivity index (χ0n) is 24.3. The van der Waals surface area contributed by atoms with Crippen molar-refractivity contribution in [2.75, 3.05) is 6.61 Å². The highest BCUT2D eigenvalue weighted by molar-refractivity contribution is 5.70. The second kappa shape index (κ2) is 13.5. The summed E-state index contributed by atoms with van der Waals surface area (Å²) in [5.74, 6) is 4.78. The van der Waals surface area contributed by atoms with Crippen LogP contribution in [0.2, 0.25) is 0 Å². The molecule has 0 unspecified atom stereocenters. The van der Waals surface area contributed by atoms with Gasteiger partial charge in [0, 0.05) is 17.2 Å². The molecule has 0 aliphatic heterocycles. The molecule has 0 fully saturated rings. The van der Waals surface area contributed by atoms with Gasteiger partial charge in [-0.15, -0.1) is 0 Å². The average molecular weight is 582 g/mol. The van der Waals surface area contributed by atoms with Gasteiger partial charge in [0.05, 0.1) is 12.2 Å². The van der Waals surface area contributed by atoms with Gasteiger partial charge in [0.1, 0.15) is 34.5 Å². The average Bonchev–Trinajstić information content (AvgIpc) is 3.06. The fraction of sp³-hybridized carbons (Fsp3) is 0.108. The van der Waals surface area contributed by atoms with Gasteiger partial charge < -0.3 is 19.3 Å². The highest BCUT2D eigenvalue weighted by Crippen LogP contribution is 2.34. The van der Waals surface area contributed by atoms with Gasteiger partial charge in [0.2, 0.25) is 0 Å². The molecule has 0 aliphatic rings. The lowest BCUT2D eigenvalue weighted by Crippen LogP contribution is -2.01. The first-order valence-corrected chi connectivity index (χ1v) is 14.5. The number of benzene rings is 5. The number of aromatic nitrogens is 3. The van der Waals surface area contributed by atoms with Crippen molar-refractivity contribution < 1.29 is 19.3 Å². The van der Waals surface area contributed by atoms with Crippen molar-refractivity contribution in [1.82, 2.24) is 15.0 Å². The number of ether oxygens (including phenoxy) is 3. The molecule has 0 bridgehead atoms. The first kappa shape index (κ1) is 28.4. The first-order valence-electron chi connectivity index (χ1n) is 14.5. The largest absolute Gasteiger partial charge is 0.507 e. The highest BCUT2D eigenvalue weighted by Gasteiger charge is 2.16. The van der Waals surface area contributed by atoms with Crippen molar-refractivity contribution in [1.29, 1.82) is 0 Å². The van der Waals surface area contributed by atoms with Gasteiger partial charge in [0.25, 0.3) is 0 Å². The normalized spacial score (nSPS) is 10.8. The quantitative estimate of drug-likeness (QED) is 0.153. The maximum Gasteiger partial charge on any atom is 0.167 e. The molecule has 1 heterocycles. The molecular formula is C37H31N3O4. The van der Waals surface area contributed by atoms with Crippen LogP contribution in [0, 0.1) is 0 Å². The van der Waals surface area contributed by atoms with E-state index in [4.69, 9.17) is 29.2 Å². The number of hydrogen-bond donors (Lipinski definition) is 1. The minimum atomic E-state index is 0.0281. The van der Waals surface area contributed by atoms with Crippen LogP contribution in [0.25, 0.3) is 34.2 Å². The summed E-state index contributed by atoms with van der Waals surface area (Å²) in [7, 11) is 0. The Hall–Kier alpha value is -5.69. The smallest absolute Gasteiger partial charge is 0.167 e. The van der Waals surface area contributed by atoms with Crippen LogP contribution < -0.4 is 14.2 Å². The number of phenolic OH excluding ortho intramolecular Hbond substituents is 1. The van der Waals surface area contributed by atoms with Crippen LogP contribution in [-0.2, 0) is 0 Å². The Kier molecular flexibility index (Phi) is 8.74. The molecule has 44 heavy (non-hydrogen) atoms. The van der Waals surface area contributed by atoms with Crippen LogP contribution in [0.3, 0.4) is 0 Å². The molecular weight excluding hydrogens is 550 g/mol. The van der Waals surface area contributed by atoms with Crippen molar-refractivity contribution in [3.8, 4) is 68.7 Å². The fourth-order valence-electron chi connectivity index (χ4n) is 4.47. The van der Waals surface area contributed by atoms with Crippen molar-refractivity contribution in [2.24, 2.45) is 0 Å². The molecule has 6 aromatic rings. The molecule has 0 spiro atoms. The molecule has 7 nitrogen and oxygen atoms in total. The van der Waals surface area contributed by atoms with Crippen LogP contribution in [0.5, 0.6) is 34.5 Å². The van der Waals surface area contributed by atoms with Gasteiger partial charge >= 0.3 is 0 Å². The SMILES string of the molecule is CCCCOc1ccc(-c2nc(-c3ccc(Oc4ccccc4)cc3)nc(-c3ccc(Oc4ccccc4)cc3)n2)c(O)c1. The maximum atomic E-state index is 11.0. The van der Waals surface area contributed by atoms with Gasteiger partial charge in [0.15, 0.2) is 17.5 Å². The van der Waals surface area contributed by atoms with Crippen LogP contribution in [-0.4, -0.2) is 26.7 Å². The molecule has 0 radical (unpaired) electrons. The van der Waals surface area contributed by atoms with Crippen molar-refractivity contribution >= 4 is 0 Å². The predicted molar refractivity (Wildman–Crippen MR) is 171 cm³/mol. The molecule has 0 aliphatic carbocycles. The Balaban J connectivity index is 1.34. The molecule has 5 aromatic carbocycles. The van der Waals surface area contributed by atoms with E-state index in [0.29, 0.717) is 46.9 Å². The van der Waals surface area contributed by atoms with Gasteiger partial charge in [-0.2, -0.15) is 0 Å². The van der Waals surface area contributed by atoms with E-state index in [1.807, 2.05) is 115 Å². The van der Waals surface area contributed by atoms with Crippen molar-refractivity contribution in [2.45, 2.75) is 19.8 Å². The van der Waals surface area contributed by atoms with E-state index in [-0.39, 0.29) is 5.75 Å². The maximum absolute atomic E-state index is 11.0. The van der Waals surface area contributed by atoms with Crippen LogP contribution in [0.1, 0.15) is 19.8 Å². The van der Waals surface area contributed by atoms with Gasteiger partial charge in [-0.25, -0.2) is 15.0 Å². The fourth-order valence-corrected chi connectivity index (χ4v) is 4.47. The van der Waals surface area contributed by atoms with Gasteiger partial charge in [-0.1, -0.05) is 49.7 Å². The summed E-state index contributed by atoms with van der Waals surface area (Å²) < 4.78 is 17.7. The van der Waals surface area contributed by atoms with Crippen LogP contribution in [0.15, 0.2) is 127 Å². The number of phenols is 1. The molecule has 7 heteroatoms. The molecule has 1 N–H and O–H groups in total. The van der Waals surface area contributed by atoms with Crippen molar-refractivity contribution in [3.63, 3.8) is 0 Å². The summed E-state index contributed by atoms with van der Waals surface area (Å²) in [6.07, 6.45) is 1.96. The Labute approximate surface area is 256 Å². The van der Waals surface area contributed by atoms with E-state index in [1.54, 1.807) is 12.1 Å². The second-order valence-electron chi connectivity index (χ2n) is 10.1. The number of para-hydroxylation sites is 2. The van der Waals surface area contributed by atoms with Crippen LogP contribution in [0.4, 0.5) is 0 Å². The number of nitrogens with zero attached hydrogens (tertiary/aromatic N) is 3. The second-order valence-corrected chi connectivity index (χ2v) is 10.1. The monoisotopic (exact) mass is 581 g/mol. The van der Waals surface area contributed by atoms with E-state index < -0.39 is 0 Å². The Morgan fingerprint density at radius 1 is 0.523 bits per heavy atom. The number of hydrogen-bond acceptors (Lipinski definition) is 7. The standard InChI is InChI=1S/C37H31N3O4/c1-2-3-24-42-32-22-23-33(34(41)25-32)37-39-35(26-14-18-30(19-15-26)43-28-10-6-4-7-11-28)38-36(40-37)27-16-20-31(21-17-27)44-29-12-8-5-9-13-29/h4-23,25,41H,2-3,24H2,1H3. The summed E-state index contributed by atoms with van der Waals surface area (Å²) in [6.45, 7) is 2.69. The van der Waals surface area contributed by atoms with E-state index in [1.165, 1.54) is 0 Å². The zero-order valence-corrected chi connectivity index (χ0v) is 24.3. The van der Waals surface area contributed by atoms with Crippen molar-refractivity contribution in [3.05, 3.63) is 127 Å². The number of unbranched alkanes of at least 4 members (excludes halogenated alkanes) is 1. The summed E-state index contributed by atoms with van der Waals surface area (Å²) in [6, 6.07) is 39.5. The summed E-state index contributed by atoms with van der Waals surface area (Å²) in [5, 5.41) is 11.0. The third-order valence-electron chi connectivity index (χ3n) is 6.79. The Bertz CT molecular complexity index is 1710. The van der Waals surface area contributed by atoms with Gasteiger partial charge in [-0.05, 0) is 91.3 Å². The Morgan fingerprint density at radius 3 is 1.45 bits per heavy atom. The summed E-state index contributed by atoms with van der Waals surface area (Å²) in [4.78, 5) is 14.3. The third-order valence-corrected chi connectivity index (χ3v) is 6.79. The lowest BCUT2D eigenvalue weighted by molar-refractivity contribution is 0.307. The summed E-state index contributed by atoms with van der Waals surface area (Å²) >= 11 is 0. The molecule has 1 aromatic heterocycles. The topological polar surface area (TPSA) is 86.6 Å². The number of aromatic hydroxyl groups is 1. The lowest BCUT2D eigenvalue weighted by atomic mass is 10.1. The van der Waals surface area contributed by atoms with E-state index in [2.05, 4.69) is 6.92 Å². The lowest BCUT2D eigenvalue weighted by Gasteiger charge is -2.12. The molecule has 0 atom stereocenters. The number of rotatable bonds is 11. The van der Waals surface area contributed by atoms with E-state index in [0.717, 1.165) is 35.5 Å². The first-order chi connectivity index (χ1) is 21.6. The van der Waals surface area contributed by atoms with E-state index in [9.17, 15) is 5.11 Å². The predicted octanol–water partition coefficient (Wildman–Crippen LogP) is 9.34. The molecule has 0 amide bonds. The van der Waals surface area contributed by atoms with Gasteiger partial charge in [-0.3, -0.25) is 0 Å². The summed E-state index contributed by atoms with van der Waals surface area (Å²) in [5.41, 5.74) is 2.03.